The number of nitrogens with one attached hydrogen (secondary N) is 5. The molecule has 0 saturated carbocycles. The molecule has 1 saturated heterocycles. The Kier molecular flexibility index (Phi) is 16.1. The maximum Gasteiger partial charge on any atom is 0.320 e. The summed E-state index contributed by atoms with van der Waals surface area (Å²) in [6, 6.07) is 20.2. The molecule has 1 aliphatic rings. The number of nitrogens with zero attached hydrogens (tertiary/aromatic N) is 8. The van der Waals surface area contributed by atoms with E-state index < -0.39 is 23.8 Å². The van der Waals surface area contributed by atoms with Gasteiger partial charge in [0.15, 0.2) is 5.76 Å². The highest BCUT2D eigenvalue weighted by atomic mass is 35.5. The number of piperidine rings is 1. The number of amides is 3. The minimum absolute atomic E-state index is 0.0876. The van der Waals surface area contributed by atoms with Gasteiger partial charge in [-0.15, -0.1) is 5.10 Å². The van der Waals surface area contributed by atoms with Crippen molar-refractivity contribution in [2.24, 2.45) is 0 Å². The number of hydrogen-bond acceptors (Lipinski definition) is 17. The van der Waals surface area contributed by atoms with Crippen molar-refractivity contribution in [2.75, 3.05) is 62.1 Å². The molecule has 5 aromatic heterocycles. The summed E-state index contributed by atoms with van der Waals surface area (Å²) in [5, 5.41) is 29.3. The fourth-order valence-electron chi connectivity index (χ4n) is 8.20. The highest BCUT2D eigenvalue weighted by Gasteiger charge is 2.29. The van der Waals surface area contributed by atoms with Gasteiger partial charge in [0.1, 0.15) is 17.4 Å². The average Bonchev–Trinajstić information content (AvgIpc) is 4.09. The van der Waals surface area contributed by atoms with Crippen LogP contribution in [0.3, 0.4) is 0 Å². The molecule has 23 heteroatoms. The van der Waals surface area contributed by atoms with Gasteiger partial charge in [-0.3, -0.25) is 24.1 Å². The number of aromatic nitrogens is 7. The Morgan fingerprint density at radius 3 is 2.25 bits per heavy atom. The van der Waals surface area contributed by atoms with E-state index in [1.54, 1.807) is 60.7 Å². The molecule has 8 rings (SSSR count). The second kappa shape index (κ2) is 23.1. The van der Waals surface area contributed by atoms with Crippen molar-refractivity contribution in [3.8, 4) is 34.5 Å². The second-order valence-electron chi connectivity index (χ2n) is 16.7. The fraction of sp³-hybridized carbons (Fsp3) is 0.306. The van der Waals surface area contributed by atoms with Crippen molar-refractivity contribution < 1.29 is 38.2 Å². The Morgan fingerprint density at radius 2 is 1.53 bits per heavy atom. The summed E-state index contributed by atoms with van der Waals surface area (Å²) in [6.45, 7) is 4.45. The number of benzene rings is 2. The van der Waals surface area contributed by atoms with Crippen LogP contribution in [0.4, 0.5) is 23.3 Å². The van der Waals surface area contributed by atoms with Crippen LogP contribution in [0.15, 0.2) is 83.5 Å². The maximum atomic E-state index is 13.6. The van der Waals surface area contributed by atoms with Crippen molar-refractivity contribution in [1.82, 2.24) is 50.1 Å². The van der Waals surface area contributed by atoms with Crippen molar-refractivity contribution in [3.05, 3.63) is 112 Å². The molecule has 8 N–H and O–H groups in total. The highest BCUT2D eigenvalue weighted by Crippen LogP contribution is 2.38. The molecular formula is C49H53ClN14O8. The maximum absolute atomic E-state index is 13.6. The summed E-state index contributed by atoms with van der Waals surface area (Å²) in [4.78, 5) is 75.2. The number of halogens is 1. The Morgan fingerprint density at radius 1 is 0.819 bits per heavy atom. The lowest BCUT2D eigenvalue weighted by atomic mass is 9.98. The Labute approximate surface area is 418 Å². The number of rotatable bonds is 21. The van der Waals surface area contributed by atoms with Crippen LogP contribution in [0, 0.1) is 6.92 Å². The lowest BCUT2D eigenvalue weighted by molar-refractivity contribution is -0.144. The molecule has 374 valence electrons. The molecule has 1 atom stereocenters. The molecule has 0 bridgehead atoms. The molecule has 0 unspecified atom stereocenters. The fourth-order valence-corrected chi connectivity index (χ4v) is 8.47. The van der Waals surface area contributed by atoms with E-state index >= 15 is 0 Å². The van der Waals surface area contributed by atoms with Gasteiger partial charge in [0.2, 0.25) is 35.4 Å². The summed E-state index contributed by atoms with van der Waals surface area (Å²) < 4.78 is 17.7. The molecule has 0 radical (unpaired) electrons. The quantitative estimate of drug-likeness (QED) is 0.0416. The van der Waals surface area contributed by atoms with Crippen LogP contribution < -0.4 is 41.8 Å². The van der Waals surface area contributed by atoms with Crippen molar-refractivity contribution in [2.45, 2.75) is 58.2 Å². The van der Waals surface area contributed by atoms with Gasteiger partial charge in [0.05, 0.1) is 31.2 Å². The normalized spacial score (nSPS) is 13.6. The number of aliphatic carboxylic acids is 1. The number of hydrogen-bond donors (Lipinski definition) is 7. The smallest absolute Gasteiger partial charge is 0.320 e. The lowest BCUT2D eigenvalue weighted by Crippen LogP contribution is -2.44. The molecule has 72 heavy (non-hydrogen) atoms. The monoisotopic (exact) mass is 1000 g/mol. The number of ether oxygens (including phenoxy) is 2. The van der Waals surface area contributed by atoms with E-state index in [4.69, 9.17) is 31.2 Å². The van der Waals surface area contributed by atoms with E-state index in [2.05, 4.69) is 56.6 Å². The van der Waals surface area contributed by atoms with E-state index in [-0.39, 0.29) is 58.2 Å². The van der Waals surface area contributed by atoms with E-state index in [0.717, 1.165) is 24.0 Å². The van der Waals surface area contributed by atoms with Crippen molar-refractivity contribution in [1.29, 1.82) is 0 Å². The number of nitrogens with two attached hydrogens (primary N) is 1. The minimum atomic E-state index is -0.864. The van der Waals surface area contributed by atoms with Crippen molar-refractivity contribution >= 4 is 64.3 Å². The van der Waals surface area contributed by atoms with Gasteiger partial charge in [-0.05, 0) is 92.4 Å². The number of nitrogen functional groups attached to an aromatic ring is 1. The predicted molar refractivity (Wildman–Crippen MR) is 268 cm³/mol. The summed E-state index contributed by atoms with van der Waals surface area (Å²) in [5.74, 6) is -0.0294. The van der Waals surface area contributed by atoms with Gasteiger partial charge in [-0.25, -0.2) is 9.97 Å². The highest BCUT2D eigenvalue weighted by molar-refractivity contribution is 6.36. The third-order valence-corrected chi connectivity index (χ3v) is 12.3. The molecule has 6 heterocycles. The summed E-state index contributed by atoms with van der Waals surface area (Å²) in [5.41, 5.74) is 10.6. The number of methoxy groups -OCH3 is 2. The molecular weight excluding hydrogens is 948 g/mol. The van der Waals surface area contributed by atoms with Crippen LogP contribution in [0.1, 0.15) is 69.8 Å². The second-order valence-corrected chi connectivity index (χ2v) is 17.1. The van der Waals surface area contributed by atoms with Crippen molar-refractivity contribution in [3.63, 3.8) is 0 Å². The summed E-state index contributed by atoms with van der Waals surface area (Å²) >= 11 is 6.95. The zero-order chi connectivity index (χ0) is 50.7. The largest absolute Gasteiger partial charge is 0.481 e. The number of carboxylic acid groups (broad SMARTS) is 1. The SMILES string of the molecule is COc1nc(C(=O)Nc2cccc(-c3cccc(NC(=O)c4ccc(CN5CCCC[C@H]5C(=O)O)c(OC)n4)c3Cl)c2C)ccc1CNCCNC(=O)CCCNc1nc(N)n2nc(-c3ccco3)nc2n1. The minimum Gasteiger partial charge on any atom is -0.481 e. The van der Waals surface area contributed by atoms with Gasteiger partial charge < -0.3 is 51.3 Å². The van der Waals surface area contributed by atoms with Gasteiger partial charge in [0.25, 0.3) is 17.6 Å². The molecule has 22 nitrogen and oxygen atoms in total. The first kappa shape index (κ1) is 50.2. The van der Waals surface area contributed by atoms with E-state index in [9.17, 15) is 24.3 Å². The summed E-state index contributed by atoms with van der Waals surface area (Å²) in [6.07, 6.45) is 4.63. The molecule has 1 fully saturated rings. The first-order valence-electron chi connectivity index (χ1n) is 23.1. The first-order valence-corrected chi connectivity index (χ1v) is 23.5. The average molecular weight is 1000 g/mol. The zero-order valence-electron chi connectivity index (χ0n) is 39.7. The Balaban J connectivity index is 0.803. The van der Waals surface area contributed by atoms with Gasteiger partial charge in [-0.1, -0.05) is 42.3 Å². The van der Waals surface area contributed by atoms with Gasteiger partial charge >= 0.3 is 5.97 Å². The third kappa shape index (κ3) is 11.9. The number of fused-ring (bicyclic) bond motifs is 1. The number of furan rings is 1. The molecule has 0 aliphatic carbocycles. The molecule has 2 aromatic carbocycles. The Bertz CT molecular complexity index is 3100. The number of carbonyl (C=O) groups excluding carboxylic acids is 3. The third-order valence-electron chi connectivity index (χ3n) is 11.9. The van der Waals surface area contributed by atoms with Crippen LogP contribution in [-0.4, -0.2) is 115 Å². The van der Waals surface area contributed by atoms with Crippen LogP contribution in [-0.2, 0) is 22.7 Å². The van der Waals surface area contributed by atoms with E-state index in [1.807, 2.05) is 24.0 Å². The molecule has 1 aliphatic heterocycles. The summed E-state index contributed by atoms with van der Waals surface area (Å²) in [7, 11) is 2.93. The lowest BCUT2D eigenvalue weighted by Gasteiger charge is -2.33. The van der Waals surface area contributed by atoms with Crippen LogP contribution in [0.25, 0.3) is 28.5 Å². The molecule has 3 amide bonds. The number of likely N-dealkylation sites (tertiary alicyclic amines) is 1. The van der Waals surface area contributed by atoms with Gasteiger partial charge in [0, 0.05) is 61.5 Å². The molecule has 7 aromatic rings. The first-order chi connectivity index (χ1) is 34.9. The predicted octanol–water partition coefficient (Wildman–Crippen LogP) is 5.84. The number of anilines is 4. The standard InChI is InChI=1S/C49H53ClN14O8/c1-28-31(32-11-7-13-34(40(32)50)56-43(67)36-20-18-30(45(58-36)71-3)27-63-24-5-4-14-37(63)46(68)69)10-6-12-33(28)55-42(66)35-19-17-29(44(57-35)70-2)26-52-22-23-53-39(65)16-8-21-54-48-60-47(51)64-49(61-48)59-41(62-64)38-15-9-25-72-38/h6-7,9-13,15,17-20,25,37,52H,4-5,8,14,16,21-24,26-27H2,1-3H3,(H,53,65)(H,55,66)(H,56,67)(H,68,69)(H3,51,54,59,60,61,62)/t37-/m0/s1. The van der Waals surface area contributed by atoms with Crippen LogP contribution in [0.5, 0.6) is 11.8 Å². The van der Waals surface area contributed by atoms with E-state index in [0.29, 0.717) is 91.8 Å². The van der Waals surface area contributed by atoms with Gasteiger partial charge in [-0.2, -0.15) is 19.5 Å². The zero-order valence-corrected chi connectivity index (χ0v) is 40.5. The van der Waals surface area contributed by atoms with Crippen LogP contribution in [0.2, 0.25) is 5.02 Å². The van der Waals surface area contributed by atoms with Crippen LogP contribution >= 0.6 is 11.6 Å². The number of pyridine rings is 2. The van der Waals surface area contributed by atoms with E-state index in [1.165, 1.54) is 25.0 Å². The molecule has 0 spiro atoms. The number of carbonyl (C=O) groups is 4. The Hall–Kier alpha value is -8.21. The topological polar surface area (TPSA) is 291 Å². The number of carboxylic acids is 1.